The zero-order chi connectivity index (χ0) is 14.7. The normalized spacial score (nSPS) is 18.8. The molecule has 0 spiro atoms. The molecule has 2 aromatic rings. The van der Waals surface area contributed by atoms with Gasteiger partial charge >= 0.3 is 0 Å². The van der Waals surface area contributed by atoms with Crippen LogP contribution in [0.1, 0.15) is 17.4 Å². The molecule has 1 saturated heterocycles. The molecule has 112 valence electrons. The van der Waals surface area contributed by atoms with E-state index in [1.54, 1.807) is 7.05 Å². The third kappa shape index (κ3) is 3.10. The molecule has 1 unspecified atom stereocenters. The fraction of sp³-hybridized carbons (Fsp3) is 0.500. The van der Waals surface area contributed by atoms with Crippen LogP contribution < -0.4 is 0 Å². The maximum atomic E-state index is 9.22. The maximum absolute atomic E-state index is 9.22. The molecule has 1 atom stereocenters. The Labute approximate surface area is 123 Å². The quantitative estimate of drug-likeness (QED) is 0.845. The van der Waals surface area contributed by atoms with Crippen LogP contribution in [-0.4, -0.2) is 68.0 Å². The van der Waals surface area contributed by atoms with Crippen molar-refractivity contribution in [1.82, 2.24) is 30.0 Å². The molecule has 1 aromatic carbocycles. The second-order valence-corrected chi connectivity index (χ2v) is 5.25. The number of aliphatic hydroxyl groups excluding tert-OH is 1. The molecule has 0 aliphatic carbocycles. The summed E-state index contributed by atoms with van der Waals surface area (Å²) < 4.78 is 0. The molecule has 2 heterocycles. The summed E-state index contributed by atoms with van der Waals surface area (Å²) in [4.78, 5) is 5.87. The molecule has 1 aromatic heterocycles. The molecule has 0 bridgehead atoms. The van der Waals surface area contributed by atoms with Crippen LogP contribution in [0.25, 0.3) is 0 Å². The van der Waals surface area contributed by atoms with Crippen molar-refractivity contribution in [3.63, 3.8) is 0 Å². The van der Waals surface area contributed by atoms with Gasteiger partial charge in [-0.3, -0.25) is 9.80 Å². The lowest BCUT2D eigenvalue weighted by Gasteiger charge is -2.37. The molecule has 0 amide bonds. The van der Waals surface area contributed by atoms with Gasteiger partial charge in [0.25, 0.3) is 0 Å². The first-order valence-electron chi connectivity index (χ1n) is 7.14. The summed E-state index contributed by atoms with van der Waals surface area (Å²) in [6.07, 6.45) is 0. The molecule has 7 nitrogen and oxygen atoms in total. The number of aliphatic hydroxyl groups is 1. The number of piperazine rings is 1. The van der Waals surface area contributed by atoms with Gasteiger partial charge in [-0.25, -0.2) is 0 Å². The molecule has 1 fully saturated rings. The fourth-order valence-corrected chi connectivity index (χ4v) is 2.73. The van der Waals surface area contributed by atoms with E-state index >= 15 is 0 Å². The van der Waals surface area contributed by atoms with Crippen molar-refractivity contribution in [2.24, 2.45) is 7.05 Å². The van der Waals surface area contributed by atoms with Crippen molar-refractivity contribution in [2.75, 3.05) is 32.9 Å². The molecular weight excluding hydrogens is 268 g/mol. The number of rotatable bonds is 4. The summed E-state index contributed by atoms with van der Waals surface area (Å²) in [5.41, 5.74) is 1.17. The summed E-state index contributed by atoms with van der Waals surface area (Å²) in [6.45, 7) is 3.56. The topological polar surface area (TPSA) is 70.3 Å². The first-order chi connectivity index (χ1) is 10.3. The van der Waals surface area contributed by atoms with Gasteiger partial charge in [-0.05, 0) is 10.8 Å². The Morgan fingerprint density at radius 1 is 1.14 bits per heavy atom. The molecule has 1 N–H and O–H groups in total. The Balaban J connectivity index is 1.87. The van der Waals surface area contributed by atoms with Gasteiger partial charge in [-0.1, -0.05) is 30.3 Å². The summed E-state index contributed by atoms with van der Waals surface area (Å²) in [6, 6.07) is 10.3. The van der Waals surface area contributed by atoms with Crippen molar-refractivity contribution < 1.29 is 5.11 Å². The largest absolute Gasteiger partial charge is 0.381 e. The number of tetrazole rings is 1. The smallest absolute Gasteiger partial charge is 0.196 e. The lowest BCUT2D eigenvalue weighted by atomic mass is 10.0. The summed E-state index contributed by atoms with van der Waals surface area (Å²) >= 11 is 0. The van der Waals surface area contributed by atoms with Gasteiger partial charge in [-0.15, -0.1) is 10.2 Å². The molecule has 7 heteroatoms. The van der Waals surface area contributed by atoms with Crippen LogP contribution in [0.15, 0.2) is 30.3 Å². The average Bonchev–Trinajstić information content (AvgIpc) is 2.95. The summed E-state index contributed by atoms with van der Waals surface area (Å²) in [5, 5.41) is 21.8. The Hall–Kier alpha value is -1.83. The third-order valence-corrected chi connectivity index (χ3v) is 3.86. The highest BCUT2D eigenvalue weighted by Crippen LogP contribution is 2.26. The second-order valence-electron chi connectivity index (χ2n) is 5.25. The predicted molar refractivity (Wildman–Crippen MR) is 77.3 cm³/mol. The number of nitrogens with zero attached hydrogens (tertiary/aromatic N) is 6. The van der Waals surface area contributed by atoms with Crippen LogP contribution in [0.2, 0.25) is 0 Å². The van der Waals surface area contributed by atoms with E-state index < -0.39 is 0 Å². The summed E-state index contributed by atoms with van der Waals surface area (Å²) in [7, 11) is 1.78. The van der Waals surface area contributed by atoms with Gasteiger partial charge in [-0.2, -0.15) is 4.80 Å². The van der Waals surface area contributed by atoms with Crippen LogP contribution in [0.5, 0.6) is 0 Å². The number of benzene rings is 1. The second kappa shape index (κ2) is 6.30. The van der Waals surface area contributed by atoms with Crippen LogP contribution >= 0.6 is 0 Å². The van der Waals surface area contributed by atoms with E-state index in [4.69, 9.17) is 0 Å². The minimum absolute atomic E-state index is 0.0146. The van der Waals surface area contributed by atoms with Crippen molar-refractivity contribution >= 4 is 0 Å². The Kier molecular flexibility index (Phi) is 4.23. The zero-order valence-corrected chi connectivity index (χ0v) is 12.1. The Morgan fingerprint density at radius 2 is 1.86 bits per heavy atom. The van der Waals surface area contributed by atoms with E-state index in [0.717, 1.165) is 32.0 Å². The van der Waals surface area contributed by atoms with Crippen molar-refractivity contribution in [1.29, 1.82) is 0 Å². The van der Waals surface area contributed by atoms with E-state index in [1.165, 1.54) is 10.4 Å². The van der Waals surface area contributed by atoms with E-state index in [2.05, 4.69) is 32.4 Å². The maximum Gasteiger partial charge on any atom is 0.196 e. The minimum Gasteiger partial charge on any atom is -0.381 e. The lowest BCUT2D eigenvalue weighted by molar-refractivity contribution is 0.0426. The van der Waals surface area contributed by atoms with Gasteiger partial charge in [0, 0.05) is 26.2 Å². The minimum atomic E-state index is 0.0146. The van der Waals surface area contributed by atoms with Gasteiger partial charge in [0.15, 0.2) is 5.82 Å². The number of hydrogen-bond acceptors (Lipinski definition) is 6. The number of aryl methyl sites for hydroxylation is 1. The van der Waals surface area contributed by atoms with Crippen LogP contribution in [0, 0.1) is 0 Å². The number of aromatic nitrogens is 4. The van der Waals surface area contributed by atoms with Crippen LogP contribution in [0.4, 0.5) is 0 Å². The highest BCUT2D eigenvalue weighted by molar-refractivity contribution is 5.24. The number of hydrogen-bond donors (Lipinski definition) is 1. The molecule has 1 aliphatic rings. The van der Waals surface area contributed by atoms with Gasteiger partial charge in [0.05, 0.1) is 19.8 Å². The monoisotopic (exact) mass is 288 g/mol. The SMILES string of the molecule is Cn1nnc(C(c2ccccc2)N2CCN(CO)CC2)n1. The third-order valence-electron chi connectivity index (χ3n) is 3.86. The molecule has 1 aliphatic heterocycles. The first kappa shape index (κ1) is 14.1. The van der Waals surface area contributed by atoms with E-state index in [-0.39, 0.29) is 12.8 Å². The molecule has 21 heavy (non-hydrogen) atoms. The van der Waals surface area contributed by atoms with Crippen molar-refractivity contribution in [3.8, 4) is 0 Å². The zero-order valence-electron chi connectivity index (χ0n) is 12.1. The van der Waals surface area contributed by atoms with Gasteiger partial charge in [0.1, 0.15) is 0 Å². The van der Waals surface area contributed by atoms with Gasteiger partial charge < -0.3 is 5.11 Å². The highest BCUT2D eigenvalue weighted by Gasteiger charge is 2.29. The molecular formula is C14H20N6O. The van der Waals surface area contributed by atoms with E-state index in [0.29, 0.717) is 0 Å². The Bertz CT molecular complexity index is 564. The van der Waals surface area contributed by atoms with Gasteiger partial charge in [0.2, 0.25) is 0 Å². The Morgan fingerprint density at radius 3 is 2.43 bits per heavy atom. The fourth-order valence-electron chi connectivity index (χ4n) is 2.73. The van der Waals surface area contributed by atoms with Crippen LogP contribution in [0.3, 0.4) is 0 Å². The highest BCUT2D eigenvalue weighted by atomic mass is 16.3. The lowest BCUT2D eigenvalue weighted by Crippen LogP contribution is -2.48. The van der Waals surface area contributed by atoms with E-state index in [1.807, 2.05) is 23.1 Å². The first-order valence-corrected chi connectivity index (χ1v) is 7.14. The van der Waals surface area contributed by atoms with Crippen molar-refractivity contribution in [2.45, 2.75) is 6.04 Å². The molecule has 3 rings (SSSR count). The summed E-state index contributed by atoms with van der Waals surface area (Å²) in [5.74, 6) is 0.723. The molecule has 0 saturated carbocycles. The average molecular weight is 288 g/mol. The predicted octanol–water partition coefficient (Wildman–Crippen LogP) is -0.133. The van der Waals surface area contributed by atoms with Crippen LogP contribution in [-0.2, 0) is 7.05 Å². The van der Waals surface area contributed by atoms with E-state index in [9.17, 15) is 5.11 Å². The van der Waals surface area contributed by atoms with Crippen molar-refractivity contribution in [3.05, 3.63) is 41.7 Å². The molecule has 0 radical (unpaired) electrons. The standard InChI is InChI=1S/C14H20N6O/c1-18-16-14(15-17-18)13(12-5-3-2-4-6-12)20-9-7-19(11-21)8-10-20/h2-6,13,21H,7-11H2,1H3.